The Balaban J connectivity index is 0.000000173. The summed E-state index contributed by atoms with van der Waals surface area (Å²) in [6.07, 6.45) is 5.32. The van der Waals surface area contributed by atoms with Crippen LogP contribution in [-0.4, -0.2) is 161 Å². The van der Waals surface area contributed by atoms with Crippen molar-refractivity contribution in [2.75, 3.05) is 39.3 Å². The molecule has 0 saturated carbocycles. The van der Waals surface area contributed by atoms with Crippen molar-refractivity contribution in [2.45, 2.75) is 181 Å². The van der Waals surface area contributed by atoms with Crippen LogP contribution in [0.5, 0.6) is 0 Å². The SMILES string of the molecule is CC(C)C1=C(C(=O)O)SC2=N[C@@](C)(c3ccc(Cl)cc3)[C@@H](c3ccc(Br)cc3)N21.CC[C@@H]1CC[C@@H](C(=O)N2CCN(C(C)=O)[C@H](C)C2)N1.CC[C@@H]1CC[C@@H](C(=O)N2CCN(C(C)=O)[C@H](C)C2)N1C(=O)C1=C(C(C)C)N2C(=N[C@@](C)(c3ccc(Cl)cc3)[C@H]2c2ccc(Br)cc2)S1. The molecule has 4 aromatic carbocycles. The molecule has 4 aromatic rings. The second-order valence-corrected chi connectivity index (χ2v) is 31.6. The zero-order chi connectivity index (χ0) is 68.7. The number of piperazine rings is 2. The van der Waals surface area contributed by atoms with Crippen LogP contribution in [0.2, 0.25) is 10.0 Å². The van der Waals surface area contributed by atoms with Crippen molar-refractivity contribution >= 4 is 124 Å². The highest BCUT2D eigenvalue weighted by molar-refractivity contribution is 9.10. The fourth-order valence-electron chi connectivity index (χ4n) is 15.1. The number of aliphatic imine (C=N–C) groups is 2. The molecule has 5 amide bonds. The maximum absolute atomic E-state index is 14.8. The Morgan fingerprint density at radius 1 is 0.600 bits per heavy atom. The van der Waals surface area contributed by atoms with Crippen LogP contribution in [-0.2, 0) is 39.8 Å². The van der Waals surface area contributed by atoms with Gasteiger partial charge in [-0.2, -0.15) is 0 Å². The number of carboxylic acid groups (broad SMARTS) is 1. The molecule has 23 heteroatoms. The number of likely N-dealkylation sites (tertiary alicyclic amines) is 1. The molecule has 0 aromatic heterocycles. The van der Waals surface area contributed by atoms with Crippen LogP contribution in [0.25, 0.3) is 0 Å². The number of halogens is 4. The van der Waals surface area contributed by atoms with Crippen molar-refractivity contribution in [1.29, 1.82) is 0 Å². The van der Waals surface area contributed by atoms with Gasteiger partial charge in [-0.15, -0.1) is 0 Å². The summed E-state index contributed by atoms with van der Waals surface area (Å²) in [6.45, 7) is 27.4. The molecule has 508 valence electrons. The van der Waals surface area contributed by atoms with E-state index in [-0.39, 0.29) is 77.6 Å². The molecule has 8 aliphatic heterocycles. The summed E-state index contributed by atoms with van der Waals surface area (Å²) >= 11 is 22.2. The van der Waals surface area contributed by atoms with Gasteiger partial charge in [0, 0.05) is 108 Å². The minimum atomic E-state index is -0.904. The van der Waals surface area contributed by atoms with Gasteiger partial charge in [-0.05, 0) is 172 Å². The summed E-state index contributed by atoms with van der Waals surface area (Å²) in [5.41, 5.74) is 4.80. The Labute approximate surface area is 595 Å². The summed E-state index contributed by atoms with van der Waals surface area (Å²) in [5.74, 6) is -0.591. The quantitative estimate of drug-likeness (QED) is 0.137. The number of carbonyl (C=O) groups excluding carboxylic acids is 5. The van der Waals surface area contributed by atoms with Crippen LogP contribution in [0.15, 0.2) is 137 Å². The Hall–Kier alpha value is -5.68. The lowest BCUT2D eigenvalue weighted by Gasteiger charge is -2.41. The molecule has 2 N–H and O–H groups in total. The maximum Gasteiger partial charge on any atom is 0.344 e. The number of carboxylic acids is 1. The predicted molar refractivity (Wildman–Crippen MR) is 388 cm³/mol. The second kappa shape index (κ2) is 29.8. The standard InChI is InChI=1S/C36H43BrClN5O3S.C22H20BrClN2O2S.C14H25N3O2/c1-7-28-16-17-29(33(45)40-18-19-41(23(5)44)22(4)20-40)42(28)34(46)31-30(21(2)3)43-32(24-8-12-26(37)13-9-24)36(6,39-35(43)47-31)25-10-14-27(38)15-11-25;1-12(2)17-18(20(27)28)29-21-25-22(3,14-6-10-16(24)11-7-14)19(26(17)21)13-4-8-15(23)9-5-13;1-4-12-5-6-13(15-12)14(19)16-7-8-17(11(3)18)10(2)9-16/h8-15,21-22,28-29,32H,7,16-20H2,1-6H3;4-12,19H,1-3H3,(H,27,28);10,12-13,15H,4-9H2,1-3H3/t22-,28-,29+,32-,36+;19-,22+;10-,12-,13+/m111/s1. The first-order chi connectivity index (χ1) is 45.1. The minimum Gasteiger partial charge on any atom is -0.477 e. The lowest BCUT2D eigenvalue weighted by atomic mass is 9.81. The normalized spacial score (nSPS) is 27.2. The molecule has 0 radical (unpaired) electrons. The molecular weight excluding hydrogens is 1410 g/mol. The van der Waals surface area contributed by atoms with E-state index in [9.17, 15) is 33.9 Å². The summed E-state index contributed by atoms with van der Waals surface area (Å²) < 4.78 is 1.99. The number of thioether (sulfide) groups is 2. The average Bonchev–Trinajstić information content (AvgIpc) is 1.57. The Morgan fingerprint density at radius 3 is 1.42 bits per heavy atom. The number of hydrogen-bond acceptors (Lipinski definition) is 13. The fraction of sp³-hybridized carbons (Fsp3) is 0.500. The molecule has 0 unspecified atom stereocenters. The summed E-state index contributed by atoms with van der Waals surface area (Å²) in [4.78, 5) is 102. The van der Waals surface area contributed by atoms with Gasteiger partial charge in [0.25, 0.3) is 5.91 Å². The third kappa shape index (κ3) is 14.6. The molecule has 17 nitrogen and oxygen atoms in total. The van der Waals surface area contributed by atoms with Crippen LogP contribution >= 0.6 is 78.6 Å². The lowest BCUT2D eigenvalue weighted by molar-refractivity contribution is -0.147. The van der Waals surface area contributed by atoms with E-state index in [0.717, 1.165) is 85.0 Å². The van der Waals surface area contributed by atoms with Crippen molar-refractivity contribution in [2.24, 2.45) is 21.8 Å². The number of nitrogens with one attached hydrogen (secondary N) is 1. The molecule has 0 spiro atoms. The number of nitrogens with zero attached hydrogens (tertiary/aromatic N) is 9. The lowest BCUT2D eigenvalue weighted by Crippen LogP contribution is -2.58. The fourth-order valence-corrected chi connectivity index (χ4v) is 18.5. The van der Waals surface area contributed by atoms with Gasteiger partial charge in [-0.3, -0.25) is 24.0 Å². The first-order valence-electron chi connectivity index (χ1n) is 33.2. The number of amidine groups is 2. The number of carbonyl (C=O) groups is 6. The van der Waals surface area contributed by atoms with E-state index in [2.05, 4.69) is 113 Å². The van der Waals surface area contributed by atoms with Gasteiger partial charge >= 0.3 is 5.97 Å². The van der Waals surface area contributed by atoms with Gasteiger partial charge in [0.2, 0.25) is 23.6 Å². The van der Waals surface area contributed by atoms with Crippen LogP contribution in [0.3, 0.4) is 0 Å². The predicted octanol–water partition coefficient (Wildman–Crippen LogP) is 14.2. The molecule has 10 atom stereocenters. The van der Waals surface area contributed by atoms with Gasteiger partial charge in [-0.1, -0.05) is 145 Å². The van der Waals surface area contributed by atoms with Gasteiger partial charge in [0.05, 0.1) is 18.1 Å². The number of fused-ring (bicyclic) bond motifs is 2. The van der Waals surface area contributed by atoms with E-state index in [4.69, 9.17) is 33.2 Å². The van der Waals surface area contributed by atoms with E-state index in [1.54, 1.807) is 13.8 Å². The highest BCUT2D eigenvalue weighted by atomic mass is 79.9. The third-order valence-corrected chi connectivity index (χ3v) is 23.6. The highest BCUT2D eigenvalue weighted by Gasteiger charge is 2.56. The molecule has 4 fully saturated rings. The van der Waals surface area contributed by atoms with Crippen molar-refractivity contribution in [3.8, 4) is 0 Å². The minimum absolute atomic E-state index is 0.0129. The van der Waals surface area contributed by atoms with Crippen molar-refractivity contribution in [1.82, 2.24) is 39.6 Å². The molecule has 95 heavy (non-hydrogen) atoms. The van der Waals surface area contributed by atoms with Crippen LogP contribution in [0.4, 0.5) is 0 Å². The molecule has 8 aliphatic rings. The molecule has 8 heterocycles. The van der Waals surface area contributed by atoms with E-state index < -0.39 is 23.1 Å². The van der Waals surface area contributed by atoms with E-state index >= 15 is 0 Å². The highest BCUT2D eigenvalue weighted by Crippen LogP contribution is 2.58. The number of rotatable bonds is 12. The number of allylic oxidation sites excluding steroid dienone is 2. The van der Waals surface area contributed by atoms with Crippen molar-refractivity contribution < 1.29 is 33.9 Å². The Kier molecular flexibility index (Phi) is 22.6. The van der Waals surface area contributed by atoms with Crippen molar-refractivity contribution in [3.63, 3.8) is 0 Å². The third-order valence-electron chi connectivity index (χ3n) is 19.9. The van der Waals surface area contributed by atoms with E-state index in [0.29, 0.717) is 71.6 Å². The van der Waals surface area contributed by atoms with Crippen molar-refractivity contribution in [3.05, 3.63) is 160 Å². The maximum atomic E-state index is 14.8. The topological polar surface area (TPSA) is 182 Å². The Morgan fingerprint density at radius 2 is 1.03 bits per heavy atom. The number of aliphatic carboxylic acids is 1. The van der Waals surface area contributed by atoms with Crippen LogP contribution < -0.4 is 5.32 Å². The second-order valence-electron chi connectivity index (χ2n) is 27.0. The van der Waals surface area contributed by atoms with Gasteiger partial charge in [-0.25, -0.2) is 14.8 Å². The van der Waals surface area contributed by atoms with Gasteiger partial charge < -0.3 is 44.7 Å². The number of hydrogen-bond donors (Lipinski definition) is 2. The Bertz CT molecular complexity index is 3710. The molecule has 12 rings (SSSR count). The van der Waals surface area contributed by atoms with Gasteiger partial charge in [0.15, 0.2) is 10.3 Å². The largest absolute Gasteiger partial charge is 0.477 e. The zero-order valence-corrected chi connectivity index (χ0v) is 62.6. The first-order valence-corrected chi connectivity index (χ1v) is 37.2. The zero-order valence-electron chi connectivity index (χ0n) is 56.2. The number of benzene rings is 4. The molecule has 0 bridgehead atoms. The van der Waals surface area contributed by atoms with E-state index in [1.165, 1.54) is 23.5 Å². The van der Waals surface area contributed by atoms with E-state index in [1.807, 2.05) is 125 Å². The van der Waals surface area contributed by atoms with Crippen LogP contribution in [0.1, 0.15) is 156 Å². The summed E-state index contributed by atoms with van der Waals surface area (Å²) in [5, 5.41) is 16.1. The molecule has 0 aliphatic carbocycles. The molecule has 4 saturated heterocycles. The summed E-state index contributed by atoms with van der Waals surface area (Å²) in [7, 11) is 0. The molecular formula is C72H88Br2Cl2N10O7S2. The summed E-state index contributed by atoms with van der Waals surface area (Å²) in [6, 6.07) is 31.8. The van der Waals surface area contributed by atoms with Crippen LogP contribution in [0, 0.1) is 11.8 Å². The average molecular weight is 1500 g/mol. The van der Waals surface area contributed by atoms with Gasteiger partial charge in [0.1, 0.15) is 26.9 Å². The smallest absolute Gasteiger partial charge is 0.344 e. The number of amides is 5. The monoisotopic (exact) mass is 1500 g/mol. The first kappa shape index (κ1) is 72.1.